The van der Waals surface area contributed by atoms with Gasteiger partial charge >= 0.3 is 5.69 Å². The number of aliphatic hydroxyl groups is 1. The minimum atomic E-state index is -0.436. The molecule has 0 spiro atoms. The first-order valence-corrected chi connectivity index (χ1v) is 6.66. The molecule has 0 bridgehead atoms. The lowest BCUT2D eigenvalue weighted by atomic mass is 9.95. The van der Waals surface area contributed by atoms with Crippen molar-refractivity contribution in [3.05, 3.63) is 27.4 Å². The Balaban J connectivity index is 2.24. The highest BCUT2D eigenvalue weighted by atomic mass is 35.5. The van der Waals surface area contributed by atoms with E-state index in [4.69, 9.17) is 16.7 Å². The molecule has 104 valence electrons. The zero-order valence-electron chi connectivity index (χ0n) is 10.5. The first-order chi connectivity index (χ1) is 9.11. The van der Waals surface area contributed by atoms with Gasteiger partial charge in [0.1, 0.15) is 5.15 Å². The summed E-state index contributed by atoms with van der Waals surface area (Å²) in [7, 11) is 0. The van der Waals surface area contributed by atoms with Gasteiger partial charge in [0.15, 0.2) is 0 Å². The molecule has 1 aromatic heterocycles. The minimum absolute atomic E-state index is 0.0194. The lowest BCUT2D eigenvalue weighted by Crippen LogP contribution is -2.36. The van der Waals surface area contributed by atoms with Gasteiger partial charge in [-0.2, -0.15) is 0 Å². The van der Waals surface area contributed by atoms with E-state index in [0.717, 1.165) is 19.4 Å². The molecule has 1 aliphatic rings. The molecule has 1 saturated heterocycles. The van der Waals surface area contributed by atoms with Crippen LogP contribution in [-0.4, -0.2) is 34.7 Å². The second kappa shape index (κ2) is 6.16. The van der Waals surface area contributed by atoms with Gasteiger partial charge in [-0.1, -0.05) is 11.6 Å². The summed E-state index contributed by atoms with van der Waals surface area (Å²) in [5, 5.41) is 20.3. The van der Waals surface area contributed by atoms with Gasteiger partial charge in [0.2, 0.25) is 5.82 Å². The van der Waals surface area contributed by atoms with Crippen LogP contribution in [0, 0.1) is 16.0 Å². The topological polar surface area (TPSA) is 79.5 Å². The Hall–Kier alpha value is -1.40. The minimum Gasteiger partial charge on any atom is -0.396 e. The van der Waals surface area contributed by atoms with Gasteiger partial charge in [0, 0.05) is 25.8 Å². The number of hydrogen-bond acceptors (Lipinski definition) is 5. The second-order valence-electron chi connectivity index (χ2n) is 4.70. The number of aromatic nitrogens is 1. The quantitative estimate of drug-likeness (QED) is 0.521. The third-order valence-electron chi connectivity index (χ3n) is 3.37. The van der Waals surface area contributed by atoms with Crippen LogP contribution in [0.5, 0.6) is 0 Å². The van der Waals surface area contributed by atoms with Crippen LogP contribution in [0.2, 0.25) is 5.15 Å². The second-order valence-corrected chi connectivity index (χ2v) is 5.09. The number of pyridine rings is 1. The van der Waals surface area contributed by atoms with Gasteiger partial charge in [-0.05, 0) is 31.2 Å². The third kappa shape index (κ3) is 3.33. The third-order valence-corrected chi connectivity index (χ3v) is 3.58. The van der Waals surface area contributed by atoms with Crippen LogP contribution in [0.4, 0.5) is 11.5 Å². The van der Waals surface area contributed by atoms with E-state index < -0.39 is 4.92 Å². The molecular weight excluding hydrogens is 270 g/mol. The molecule has 7 heteroatoms. The molecule has 0 radical (unpaired) electrons. The maximum absolute atomic E-state index is 11.0. The van der Waals surface area contributed by atoms with Crippen molar-refractivity contribution >= 4 is 23.1 Å². The standard InChI is InChI=1S/C12H16ClN3O3/c13-11-4-3-10(16(18)19)12(14-11)15-6-1-2-9(8-15)5-7-17/h3-4,9,17H,1-2,5-8H2. The van der Waals surface area contributed by atoms with E-state index in [1.165, 1.54) is 12.1 Å². The molecular formula is C12H16ClN3O3. The summed E-state index contributed by atoms with van der Waals surface area (Å²) in [5.41, 5.74) is -0.0194. The fourth-order valence-corrected chi connectivity index (χ4v) is 2.61. The molecule has 6 nitrogen and oxygen atoms in total. The fraction of sp³-hybridized carbons (Fsp3) is 0.583. The van der Waals surface area contributed by atoms with Crippen LogP contribution in [-0.2, 0) is 0 Å². The largest absolute Gasteiger partial charge is 0.396 e. The Morgan fingerprint density at radius 1 is 1.58 bits per heavy atom. The predicted molar refractivity (Wildman–Crippen MR) is 72.5 cm³/mol. The van der Waals surface area contributed by atoms with E-state index in [0.29, 0.717) is 24.7 Å². The number of aliphatic hydroxyl groups excluding tert-OH is 1. The van der Waals surface area contributed by atoms with E-state index in [9.17, 15) is 10.1 Å². The molecule has 19 heavy (non-hydrogen) atoms. The first-order valence-electron chi connectivity index (χ1n) is 6.28. The highest BCUT2D eigenvalue weighted by Crippen LogP contribution is 2.31. The zero-order valence-corrected chi connectivity index (χ0v) is 11.2. The summed E-state index contributed by atoms with van der Waals surface area (Å²) in [6.45, 7) is 1.55. The summed E-state index contributed by atoms with van der Waals surface area (Å²) >= 11 is 5.84. The lowest BCUT2D eigenvalue weighted by molar-refractivity contribution is -0.384. The Kier molecular flexibility index (Phi) is 4.55. The zero-order chi connectivity index (χ0) is 13.8. The van der Waals surface area contributed by atoms with Crippen molar-refractivity contribution in [3.63, 3.8) is 0 Å². The van der Waals surface area contributed by atoms with Crippen LogP contribution < -0.4 is 4.90 Å². The van der Waals surface area contributed by atoms with E-state index >= 15 is 0 Å². The number of piperidine rings is 1. The Bertz CT molecular complexity index is 468. The van der Waals surface area contributed by atoms with Gasteiger partial charge in [-0.15, -0.1) is 0 Å². The average Bonchev–Trinajstić information content (AvgIpc) is 2.39. The van der Waals surface area contributed by atoms with Crippen LogP contribution >= 0.6 is 11.6 Å². The molecule has 1 atom stereocenters. The summed E-state index contributed by atoms with van der Waals surface area (Å²) in [6.07, 6.45) is 2.69. The number of nitrogens with zero attached hydrogens (tertiary/aromatic N) is 3. The van der Waals surface area contributed by atoms with Gasteiger partial charge < -0.3 is 10.0 Å². The van der Waals surface area contributed by atoms with Crippen molar-refractivity contribution in [2.75, 3.05) is 24.6 Å². The first kappa shape index (κ1) is 14.0. The van der Waals surface area contributed by atoms with Gasteiger partial charge in [0.25, 0.3) is 0 Å². The predicted octanol–water partition coefficient (Wildman–Crippen LogP) is 2.24. The highest BCUT2D eigenvalue weighted by molar-refractivity contribution is 6.29. The van der Waals surface area contributed by atoms with Crippen molar-refractivity contribution in [1.82, 2.24) is 4.98 Å². The molecule has 1 N–H and O–H groups in total. The van der Waals surface area contributed by atoms with Gasteiger partial charge in [-0.3, -0.25) is 10.1 Å². The van der Waals surface area contributed by atoms with Gasteiger partial charge in [-0.25, -0.2) is 4.98 Å². The molecule has 2 heterocycles. The van der Waals surface area contributed by atoms with E-state index in [-0.39, 0.29) is 17.4 Å². The van der Waals surface area contributed by atoms with Crippen LogP contribution in [0.3, 0.4) is 0 Å². The lowest BCUT2D eigenvalue weighted by Gasteiger charge is -2.33. The van der Waals surface area contributed by atoms with Crippen molar-refractivity contribution in [2.24, 2.45) is 5.92 Å². The number of rotatable bonds is 4. The van der Waals surface area contributed by atoms with Crippen molar-refractivity contribution < 1.29 is 10.0 Å². The summed E-state index contributed by atoms with van der Waals surface area (Å²) in [6, 6.07) is 2.82. The Morgan fingerprint density at radius 2 is 2.37 bits per heavy atom. The highest BCUT2D eigenvalue weighted by Gasteiger charge is 2.26. The molecule has 2 rings (SSSR count). The summed E-state index contributed by atoms with van der Waals surface area (Å²) < 4.78 is 0. The van der Waals surface area contributed by atoms with Crippen LogP contribution in [0.15, 0.2) is 12.1 Å². The molecule has 1 aromatic rings. The number of hydrogen-bond donors (Lipinski definition) is 1. The Labute approximate surface area is 116 Å². The SMILES string of the molecule is O=[N+]([O-])c1ccc(Cl)nc1N1CCCC(CCO)C1. The van der Waals surface area contributed by atoms with E-state index in [1.807, 2.05) is 4.90 Å². The van der Waals surface area contributed by atoms with Crippen molar-refractivity contribution in [3.8, 4) is 0 Å². The molecule has 0 aromatic carbocycles. The number of halogens is 1. The van der Waals surface area contributed by atoms with Crippen molar-refractivity contribution in [2.45, 2.75) is 19.3 Å². The van der Waals surface area contributed by atoms with Crippen LogP contribution in [0.1, 0.15) is 19.3 Å². The van der Waals surface area contributed by atoms with Gasteiger partial charge in [0.05, 0.1) is 4.92 Å². The van der Waals surface area contributed by atoms with E-state index in [1.54, 1.807) is 0 Å². The average molecular weight is 286 g/mol. The molecule has 1 fully saturated rings. The Morgan fingerprint density at radius 3 is 3.05 bits per heavy atom. The molecule has 0 saturated carbocycles. The van der Waals surface area contributed by atoms with Crippen molar-refractivity contribution in [1.29, 1.82) is 0 Å². The molecule has 1 unspecified atom stereocenters. The normalized spacial score (nSPS) is 19.5. The van der Waals surface area contributed by atoms with E-state index in [2.05, 4.69) is 4.98 Å². The summed E-state index contributed by atoms with van der Waals surface area (Å²) in [4.78, 5) is 16.6. The number of anilines is 1. The monoisotopic (exact) mass is 285 g/mol. The fourth-order valence-electron chi connectivity index (χ4n) is 2.47. The molecule has 0 amide bonds. The molecule has 1 aliphatic heterocycles. The maximum Gasteiger partial charge on any atom is 0.311 e. The smallest absolute Gasteiger partial charge is 0.311 e. The van der Waals surface area contributed by atoms with Crippen LogP contribution in [0.25, 0.3) is 0 Å². The maximum atomic E-state index is 11.0. The summed E-state index contributed by atoms with van der Waals surface area (Å²) in [5.74, 6) is 0.680. The number of nitro groups is 1. The molecule has 0 aliphatic carbocycles.